The number of nitrogens with two attached hydrogens (primary N) is 1. The Kier molecular flexibility index (Phi) is 4.55. The van der Waals surface area contributed by atoms with E-state index in [1.54, 1.807) is 6.07 Å². The van der Waals surface area contributed by atoms with Crippen molar-refractivity contribution in [2.75, 3.05) is 0 Å². The maximum Gasteiger partial charge on any atom is 0.124 e. The van der Waals surface area contributed by atoms with Crippen molar-refractivity contribution in [2.24, 2.45) is 11.7 Å². The Morgan fingerprint density at radius 1 is 1.40 bits per heavy atom. The van der Waals surface area contributed by atoms with Crippen LogP contribution in [0.3, 0.4) is 0 Å². The Bertz CT molecular complexity index is 325. The summed E-state index contributed by atoms with van der Waals surface area (Å²) in [5.74, 6) is 0.168. The highest BCUT2D eigenvalue weighted by Gasteiger charge is 2.09. The molecule has 15 heavy (non-hydrogen) atoms. The Labute approximate surface area is 95.4 Å². The van der Waals surface area contributed by atoms with Gasteiger partial charge in [0.1, 0.15) is 5.82 Å². The fourth-order valence-corrected chi connectivity index (χ4v) is 1.64. The Morgan fingerprint density at radius 3 is 2.60 bits per heavy atom. The average Bonchev–Trinajstić information content (AvgIpc) is 2.15. The summed E-state index contributed by atoms with van der Waals surface area (Å²) < 4.78 is 12.8. The van der Waals surface area contributed by atoms with Gasteiger partial charge in [-0.15, -0.1) is 0 Å². The minimum atomic E-state index is -0.295. The molecule has 0 radical (unpaired) electrons. The Morgan fingerprint density at radius 2 is 2.07 bits per heavy atom. The van der Waals surface area contributed by atoms with Crippen molar-refractivity contribution >= 4 is 11.6 Å². The van der Waals surface area contributed by atoms with Crippen LogP contribution in [0.5, 0.6) is 0 Å². The lowest BCUT2D eigenvalue weighted by molar-refractivity contribution is 0.464. The number of aryl methyl sites for hydroxylation is 1. The van der Waals surface area contributed by atoms with Crippen molar-refractivity contribution in [2.45, 2.75) is 32.7 Å². The number of hydrogen-bond donors (Lipinski definition) is 1. The summed E-state index contributed by atoms with van der Waals surface area (Å²) in [6, 6.07) is 4.68. The van der Waals surface area contributed by atoms with Gasteiger partial charge in [0, 0.05) is 11.1 Å². The molecule has 0 heterocycles. The van der Waals surface area contributed by atoms with E-state index in [0.29, 0.717) is 10.9 Å². The van der Waals surface area contributed by atoms with Crippen molar-refractivity contribution < 1.29 is 4.39 Å². The van der Waals surface area contributed by atoms with Crippen molar-refractivity contribution in [3.63, 3.8) is 0 Å². The van der Waals surface area contributed by atoms with Crippen LogP contribution < -0.4 is 5.73 Å². The molecule has 0 aliphatic carbocycles. The molecular weight excluding hydrogens is 213 g/mol. The van der Waals surface area contributed by atoms with E-state index >= 15 is 0 Å². The second-order valence-corrected chi connectivity index (χ2v) is 4.59. The first kappa shape index (κ1) is 12.5. The molecule has 1 atom stereocenters. The summed E-state index contributed by atoms with van der Waals surface area (Å²) in [6.45, 7) is 4.19. The fraction of sp³-hybridized carbons (Fsp3) is 0.500. The Balaban J connectivity index is 2.58. The van der Waals surface area contributed by atoms with E-state index in [9.17, 15) is 4.39 Å². The Hall–Kier alpha value is -0.600. The van der Waals surface area contributed by atoms with E-state index < -0.39 is 0 Å². The largest absolute Gasteiger partial charge is 0.327 e. The van der Waals surface area contributed by atoms with Gasteiger partial charge in [0.25, 0.3) is 0 Å². The molecule has 1 rings (SSSR count). The number of halogens is 2. The van der Waals surface area contributed by atoms with Crippen LogP contribution in [-0.4, -0.2) is 6.04 Å². The van der Waals surface area contributed by atoms with Crippen LogP contribution in [0.4, 0.5) is 4.39 Å². The molecule has 1 nitrogen and oxygen atoms in total. The van der Waals surface area contributed by atoms with Gasteiger partial charge in [0.2, 0.25) is 0 Å². The minimum Gasteiger partial charge on any atom is -0.327 e. The number of hydrogen-bond acceptors (Lipinski definition) is 1. The first-order valence-corrected chi connectivity index (χ1v) is 5.58. The summed E-state index contributed by atoms with van der Waals surface area (Å²) in [5, 5.41) is 0.492. The summed E-state index contributed by atoms with van der Waals surface area (Å²) >= 11 is 5.91. The third-order valence-corrected chi connectivity index (χ3v) is 2.97. The van der Waals surface area contributed by atoms with Crippen molar-refractivity contribution in [1.29, 1.82) is 0 Å². The van der Waals surface area contributed by atoms with Gasteiger partial charge in [-0.25, -0.2) is 4.39 Å². The molecule has 1 unspecified atom stereocenters. The van der Waals surface area contributed by atoms with Crippen LogP contribution in [0.2, 0.25) is 5.02 Å². The standard InChI is InChI=1S/C12H17ClFN/c1-8(2)12(15)6-4-9-3-5-10(14)7-11(9)13/h3,5,7-8,12H,4,6,15H2,1-2H3. The van der Waals surface area contributed by atoms with Crippen molar-refractivity contribution in [3.8, 4) is 0 Å². The molecule has 0 spiro atoms. The summed E-state index contributed by atoms with van der Waals surface area (Å²) in [4.78, 5) is 0. The third-order valence-electron chi connectivity index (χ3n) is 2.62. The van der Waals surface area contributed by atoms with Gasteiger partial charge in [0.15, 0.2) is 0 Å². The molecule has 0 aliphatic rings. The van der Waals surface area contributed by atoms with Crippen molar-refractivity contribution in [1.82, 2.24) is 0 Å². The lowest BCUT2D eigenvalue weighted by Crippen LogP contribution is -2.26. The maximum absolute atomic E-state index is 12.8. The molecule has 0 fully saturated rings. The molecule has 0 bridgehead atoms. The van der Waals surface area contributed by atoms with Crippen LogP contribution in [0, 0.1) is 11.7 Å². The molecule has 84 valence electrons. The molecule has 3 heteroatoms. The van der Waals surface area contributed by atoms with E-state index in [4.69, 9.17) is 17.3 Å². The van der Waals surface area contributed by atoms with E-state index in [2.05, 4.69) is 13.8 Å². The topological polar surface area (TPSA) is 26.0 Å². The van der Waals surface area contributed by atoms with Crippen LogP contribution in [0.25, 0.3) is 0 Å². The van der Waals surface area contributed by atoms with Crippen molar-refractivity contribution in [3.05, 3.63) is 34.6 Å². The summed E-state index contributed by atoms with van der Waals surface area (Å²) in [7, 11) is 0. The predicted octanol–water partition coefficient (Wildman–Crippen LogP) is 3.40. The molecule has 0 aliphatic heterocycles. The van der Waals surface area contributed by atoms with Gasteiger partial charge in [0.05, 0.1) is 0 Å². The monoisotopic (exact) mass is 229 g/mol. The molecule has 0 amide bonds. The van der Waals surface area contributed by atoms with Crippen LogP contribution in [-0.2, 0) is 6.42 Å². The second kappa shape index (κ2) is 5.47. The average molecular weight is 230 g/mol. The van der Waals surface area contributed by atoms with E-state index in [1.165, 1.54) is 12.1 Å². The van der Waals surface area contributed by atoms with Gasteiger partial charge >= 0.3 is 0 Å². The van der Waals surface area contributed by atoms with E-state index in [0.717, 1.165) is 18.4 Å². The molecule has 0 saturated heterocycles. The SMILES string of the molecule is CC(C)C(N)CCc1ccc(F)cc1Cl. The zero-order valence-corrected chi connectivity index (χ0v) is 9.89. The third kappa shape index (κ3) is 3.80. The van der Waals surface area contributed by atoms with Gasteiger partial charge in [-0.05, 0) is 36.5 Å². The molecule has 0 saturated carbocycles. The van der Waals surface area contributed by atoms with Gasteiger partial charge in [-0.2, -0.15) is 0 Å². The summed E-state index contributed by atoms with van der Waals surface area (Å²) in [5.41, 5.74) is 6.89. The molecule has 0 aromatic heterocycles. The lowest BCUT2D eigenvalue weighted by Gasteiger charge is -2.15. The second-order valence-electron chi connectivity index (χ2n) is 4.18. The zero-order valence-electron chi connectivity index (χ0n) is 9.13. The van der Waals surface area contributed by atoms with Gasteiger partial charge in [-0.1, -0.05) is 31.5 Å². The van der Waals surface area contributed by atoms with Crippen LogP contribution >= 0.6 is 11.6 Å². The van der Waals surface area contributed by atoms with Gasteiger partial charge < -0.3 is 5.73 Å². The lowest BCUT2D eigenvalue weighted by atomic mass is 9.97. The van der Waals surface area contributed by atoms with Crippen LogP contribution in [0.1, 0.15) is 25.8 Å². The first-order chi connectivity index (χ1) is 7.00. The predicted molar refractivity (Wildman–Crippen MR) is 62.5 cm³/mol. The number of rotatable bonds is 4. The normalized spacial score (nSPS) is 13.2. The van der Waals surface area contributed by atoms with E-state index in [-0.39, 0.29) is 11.9 Å². The fourth-order valence-electron chi connectivity index (χ4n) is 1.38. The maximum atomic E-state index is 12.8. The minimum absolute atomic E-state index is 0.172. The molecule has 1 aromatic rings. The first-order valence-electron chi connectivity index (χ1n) is 5.20. The zero-order chi connectivity index (χ0) is 11.4. The quantitative estimate of drug-likeness (QED) is 0.842. The highest BCUT2D eigenvalue weighted by molar-refractivity contribution is 6.31. The van der Waals surface area contributed by atoms with Gasteiger partial charge in [-0.3, -0.25) is 0 Å². The van der Waals surface area contributed by atoms with Crippen LogP contribution in [0.15, 0.2) is 18.2 Å². The molecule has 2 N–H and O–H groups in total. The highest BCUT2D eigenvalue weighted by atomic mass is 35.5. The smallest absolute Gasteiger partial charge is 0.124 e. The summed E-state index contributed by atoms with van der Waals surface area (Å²) in [6.07, 6.45) is 1.68. The number of benzene rings is 1. The van der Waals surface area contributed by atoms with E-state index in [1.807, 2.05) is 0 Å². The molecular formula is C12H17ClFN. The molecule has 1 aromatic carbocycles. The highest BCUT2D eigenvalue weighted by Crippen LogP contribution is 2.19.